The largest absolute Gasteiger partial charge is 0.412 e. The van der Waals surface area contributed by atoms with Crippen molar-refractivity contribution >= 4 is 41.7 Å². The van der Waals surface area contributed by atoms with Crippen molar-refractivity contribution in [2.75, 3.05) is 0 Å². The molecular formula is C12H12ClN5O2S. The van der Waals surface area contributed by atoms with Crippen molar-refractivity contribution in [3.05, 3.63) is 48.2 Å². The molecule has 1 fully saturated rings. The van der Waals surface area contributed by atoms with Crippen LogP contribution in [0.3, 0.4) is 0 Å². The second kappa shape index (κ2) is 6.93. The summed E-state index contributed by atoms with van der Waals surface area (Å²) in [5.41, 5.74) is 2.24. The maximum Gasteiger partial charge on any atom is 0.273 e. The quantitative estimate of drug-likeness (QED) is 0.607. The molecule has 1 amide bonds. The molecule has 0 spiro atoms. The molecule has 110 valence electrons. The highest BCUT2D eigenvalue weighted by Crippen LogP contribution is 2.12. The number of nitrogens with zero attached hydrogens (tertiary/aromatic N) is 3. The van der Waals surface area contributed by atoms with Gasteiger partial charge in [-0.25, -0.2) is 9.67 Å². The highest BCUT2D eigenvalue weighted by Gasteiger charge is 2.19. The molecule has 1 saturated heterocycles. The van der Waals surface area contributed by atoms with Gasteiger partial charge in [0, 0.05) is 0 Å². The van der Waals surface area contributed by atoms with Gasteiger partial charge in [0.1, 0.15) is 18.4 Å². The fourth-order valence-electron chi connectivity index (χ4n) is 1.71. The van der Waals surface area contributed by atoms with Gasteiger partial charge in [0.25, 0.3) is 5.91 Å². The van der Waals surface area contributed by atoms with Crippen LogP contribution in [0.5, 0.6) is 0 Å². The highest BCUT2D eigenvalue weighted by atomic mass is 35.5. The SMILES string of the molecule is Cl.O.O=C1NC(=S)N/C1=C/c1ccc(-n2cncn2)cc1. The van der Waals surface area contributed by atoms with Crippen LogP contribution in [0.25, 0.3) is 11.8 Å². The summed E-state index contributed by atoms with van der Waals surface area (Å²) >= 11 is 4.86. The summed E-state index contributed by atoms with van der Waals surface area (Å²) in [7, 11) is 0. The Balaban J connectivity index is 0.00000110. The zero-order chi connectivity index (χ0) is 13.2. The van der Waals surface area contributed by atoms with Gasteiger partial charge in [-0.05, 0) is 36.0 Å². The smallest absolute Gasteiger partial charge is 0.273 e. The van der Waals surface area contributed by atoms with Gasteiger partial charge < -0.3 is 10.8 Å². The fraction of sp³-hybridized carbons (Fsp3) is 0. The van der Waals surface area contributed by atoms with Crippen LogP contribution >= 0.6 is 24.6 Å². The van der Waals surface area contributed by atoms with Gasteiger partial charge in [0.2, 0.25) is 0 Å². The molecule has 0 bridgehead atoms. The number of benzene rings is 1. The van der Waals surface area contributed by atoms with Crippen molar-refractivity contribution < 1.29 is 10.3 Å². The summed E-state index contributed by atoms with van der Waals surface area (Å²) < 4.78 is 1.66. The van der Waals surface area contributed by atoms with Crippen LogP contribution in [0.1, 0.15) is 5.56 Å². The van der Waals surface area contributed by atoms with Crippen LogP contribution in [-0.2, 0) is 4.79 Å². The Hall–Kier alpha value is -2.29. The Bertz CT molecular complexity index is 669. The molecule has 0 unspecified atom stereocenters. The predicted molar refractivity (Wildman–Crippen MR) is 84.1 cm³/mol. The molecule has 4 N–H and O–H groups in total. The molecule has 1 aliphatic rings. The van der Waals surface area contributed by atoms with Crippen LogP contribution < -0.4 is 10.6 Å². The summed E-state index contributed by atoms with van der Waals surface area (Å²) in [6, 6.07) is 7.57. The summed E-state index contributed by atoms with van der Waals surface area (Å²) in [4.78, 5) is 15.4. The topological polar surface area (TPSA) is 103 Å². The third-order valence-electron chi connectivity index (χ3n) is 2.61. The van der Waals surface area contributed by atoms with Crippen molar-refractivity contribution in [1.82, 2.24) is 25.4 Å². The number of halogens is 1. The van der Waals surface area contributed by atoms with Crippen LogP contribution in [0.4, 0.5) is 0 Å². The lowest BCUT2D eigenvalue weighted by molar-refractivity contribution is -0.115. The molecule has 0 aliphatic carbocycles. The van der Waals surface area contributed by atoms with Gasteiger partial charge >= 0.3 is 0 Å². The first-order valence-electron chi connectivity index (χ1n) is 5.51. The van der Waals surface area contributed by atoms with Gasteiger partial charge in [-0.3, -0.25) is 10.1 Å². The van der Waals surface area contributed by atoms with E-state index in [1.807, 2.05) is 24.3 Å². The molecule has 1 aliphatic heterocycles. The van der Waals surface area contributed by atoms with E-state index in [9.17, 15) is 4.79 Å². The molecule has 3 rings (SSSR count). The van der Waals surface area contributed by atoms with Crippen LogP contribution in [0, 0.1) is 0 Å². The monoisotopic (exact) mass is 325 g/mol. The first-order chi connectivity index (χ1) is 9.22. The van der Waals surface area contributed by atoms with Crippen molar-refractivity contribution in [2.45, 2.75) is 0 Å². The molecule has 21 heavy (non-hydrogen) atoms. The van der Waals surface area contributed by atoms with E-state index in [0.717, 1.165) is 11.3 Å². The minimum atomic E-state index is -0.217. The maximum atomic E-state index is 11.5. The summed E-state index contributed by atoms with van der Waals surface area (Å²) in [5, 5.41) is 9.68. The molecule has 2 heterocycles. The molecule has 7 nitrogen and oxygen atoms in total. The lowest BCUT2D eigenvalue weighted by Crippen LogP contribution is -2.21. The Labute approximate surface area is 131 Å². The van der Waals surface area contributed by atoms with Gasteiger partial charge in [-0.1, -0.05) is 12.1 Å². The van der Waals surface area contributed by atoms with Crippen LogP contribution in [0.2, 0.25) is 0 Å². The summed E-state index contributed by atoms with van der Waals surface area (Å²) in [6.45, 7) is 0. The van der Waals surface area contributed by atoms with E-state index in [-0.39, 0.29) is 23.8 Å². The minimum Gasteiger partial charge on any atom is -0.412 e. The van der Waals surface area contributed by atoms with Crippen molar-refractivity contribution in [1.29, 1.82) is 0 Å². The molecule has 1 aromatic heterocycles. The number of thiocarbonyl (C=S) groups is 1. The van der Waals surface area contributed by atoms with Crippen LogP contribution in [0.15, 0.2) is 42.6 Å². The van der Waals surface area contributed by atoms with E-state index in [1.165, 1.54) is 6.33 Å². The Morgan fingerprint density at radius 2 is 1.90 bits per heavy atom. The maximum absolute atomic E-state index is 11.5. The first kappa shape index (κ1) is 16.8. The molecule has 1 aromatic carbocycles. The number of rotatable bonds is 2. The third kappa shape index (κ3) is 3.63. The zero-order valence-corrected chi connectivity index (χ0v) is 12.2. The van der Waals surface area contributed by atoms with Crippen molar-refractivity contribution in [3.63, 3.8) is 0 Å². The molecule has 0 atom stereocenters. The highest BCUT2D eigenvalue weighted by molar-refractivity contribution is 7.80. The van der Waals surface area contributed by atoms with E-state index in [0.29, 0.717) is 10.8 Å². The van der Waals surface area contributed by atoms with E-state index >= 15 is 0 Å². The number of nitrogens with one attached hydrogen (secondary N) is 2. The summed E-state index contributed by atoms with van der Waals surface area (Å²) in [6.07, 6.45) is 4.83. The van der Waals surface area contributed by atoms with Crippen LogP contribution in [-0.4, -0.2) is 31.3 Å². The number of carbonyl (C=O) groups is 1. The number of carbonyl (C=O) groups excluding carboxylic acids is 1. The number of amides is 1. The lowest BCUT2D eigenvalue weighted by atomic mass is 10.1. The second-order valence-corrected chi connectivity index (χ2v) is 4.31. The Morgan fingerprint density at radius 1 is 1.19 bits per heavy atom. The number of aromatic nitrogens is 3. The van der Waals surface area contributed by atoms with Crippen molar-refractivity contribution in [3.8, 4) is 5.69 Å². The van der Waals surface area contributed by atoms with E-state index in [4.69, 9.17) is 12.2 Å². The van der Waals surface area contributed by atoms with Gasteiger partial charge in [0.05, 0.1) is 5.69 Å². The standard InChI is InChI=1S/C12H9N5OS.ClH.H2O/c18-11-10(15-12(19)16-11)5-8-1-3-9(4-2-8)17-7-13-6-14-17;;/h1-7H,(H2,15,16,18,19);1H;1H2/b10-5+;;. The van der Waals surface area contributed by atoms with E-state index in [1.54, 1.807) is 17.1 Å². The normalized spacial score (nSPS) is 15.0. The first-order valence-corrected chi connectivity index (χ1v) is 5.92. The minimum absolute atomic E-state index is 0. The average Bonchev–Trinajstić information content (AvgIpc) is 3.01. The lowest BCUT2D eigenvalue weighted by Gasteiger charge is -2.01. The van der Waals surface area contributed by atoms with Gasteiger partial charge in [-0.2, -0.15) is 5.10 Å². The second-order valence-electron chi connectivity index (χ2n) is 3.90. The third-order valence-corrected chi connectivity index (χ3v) is 2.81. The summed E-state index contributed by atoms with van der Waals surface area (Å²) in [5.74, 6) is -0.217. The Morgan fingerprint density at radius 3 is 2.43 bits per heavy atom. The Kier molecular flexibility index (Phi) is 5.53. The number of hydrogen-bond donors (Lipinski definition) is 2. The van der Waals surface area contributed by atoms with Gasteiger partial charge in [-0.15, -0.1) is 12.4 Å². The van der Waals surface area contributed by atoms with E-state index in [2.05, 4.69) is 20.7 Å². The number of hydrogen-bond acceptors (Lipinski definition) is 4. The van der Waals surface area contributed by atoms with Crippen molar-refractivity contribution in [2.24, 2.45) is 0 Å². The predicted octanol–water partition coefficient (Wildman–Crippen LogP) is 0.210. The zero-order valence-electron chi connectivity index (χ0n) is 10.6. The van der Waals surface area contributed by atoms with E-state index < -0.39 is 0 Å². The molecule has 0 radical (unpaired) electrons. The molecule has 0 saturated carbocycles. The average molecular weight is 326 g/mol. The molecular weight excluding hydrogens is 314 g/mol. The fourth-order valence-corrected chi connectivity index (χ4v) is 1.92. The van der Waals surface area contributed by atoms with Gasteiger partial charge in [0.15, 0.2) is 5.11 Å². The molecule has 9 heteroatoms. The molecule has 2 aromatic rings.